The molecule has 6 heteroatoms. The summed E-state index contributed by atoms with van der Waals surface area (Å²) in [5, 5.41) is 5.54. The Balaban J connectivity index is 1.47. The number of hydrogen-bond donors (Lipinski definition) is 2. The summed E-state index contributed by atoms with van der Waals surface area (Å²) < 4.78 is 0. The monoisotopic (exact) mass is 333 g/mol. The molecular formula is C17H23N3O2S. The number of amides is 2. The molecule has 1 saturated heterocycles. The van der Waals surface area contributed by atoms with E-state index in [1.54, 1.807) is 0 Å². The normalized spacial score (nSPS) is 22.3. The first kappa shape index (κ1) is 16.3. The van der Waals surface area contributed by atoms with E-state index in [4.69, 9.17) is 0 Å². The number of likely N-dealkylation sites (tertiary alicyclic amines) is 1. The lowest BCUT2D eigenvalue weighted by Gasteiger charge is -2.29. The van der Waals surface area contributed by atoms with Gasteiger partial charge in [-0.05, 0) is 51.0 Å². The van der Waals surface area contributed by atoms with Crippen LogP contribution in [0.4, 0.5) is 5.69 Å². The van der Waals surface area contributed by atoms with Gasteiger partial charge in [-0.1, -0.05) is 12.1 Å². The molecule has 124 valence electrons. The molecule has 0 aliphatic carbocycles. The number of carbonyl (C=O) groups is 2. The molecule has 5 nitrogen and oxygen atoms in total. The third-order valence-corrected chi connectivity index (χ3v) is 5.78. The van der Waals surface area contributed by atoms with Crippen molar-refractivity contribution in [3.05, 3.63) is 24.3 Å². The lowest BCUT2D eigenvalue weighted by molar-refractivity contribution is -0.124. The Morgan fingerprint density at radius 2 is 2.09 bits per heavy atom. The molecule has 2 aliphatic heterocycles. The Hall–Kier alpha value is -1.53. The Morgan fingerprint density at radius 1 is 1.35 bits per heavy atom. The van der Waals surface area contributed by atoms with Gasteiger partial charge in [0.25, 0.3) is 0 Å². The third kappa shape index (κ3) is 4.26. The van der Waals surface area contributed by atoms with E-state index < -0.39 is 0 Å². The van der Waals surface area contributed by atoms with Gasteiger partial charge in [0.15, 0.2) is 0 Å². The standard InChI is InChI=1S/C17H23N3O2S/c1-20-8-6-12(7-9-20)11-18-16(21)10-15-17(22)19-13-4-2-3-5-14(13)23-15/h2-5,12,15H,6-11H2,1H3,(H,18,21)(H,19,22). The number of rotatable bonds is 4. The quantitative estimate of drug-likeness (QED) is 0.884. The van der Waals surface area contributed by atoms with Crippen molar-refractivity contribution in [1.29, 1.82) is 0 Å². The van der Waals surface area contributed by atoms with Crippen LogP contribution in [0.25, 0.3) is 0 Å². The van der Waals surface area contributed by atoms with Gasteiger partial charge in [0.05, 0.1) is 10.9 Å². The third-order valence-electron chi connectivity index (χ3n) is 4.50. The summed E-state index contributed by atoms with van der Waals surface area (Å²) in [6.45, 7) is 2.92. The van der Waals surface area contributed by atoms with Crippen molar-refractivity contribution in [1.82, 2.24) is 10.2 Å². The van der Waals surface area contributed by atoms with Gasteiger partial charge in [0.1, 0.15) is 0 Å². The van der Waals surface area contributed by atoms with E-state index in [9.17, 15) is 9.59 Å². The van der Waals surface area contributed by atoms with Gasteiger partial charge < -0.3 is 15.5 Å². The smallest absolute Gasteiger partial charge is 0.238 e. The SMILES string of the molecule is CN1CCC(CNC(=O)CC2Sc3ccccc3NC2=O)CC1. The fraction of sp³-hybridized carbons (Fsp3) is 0.529. The summed E-state index contributed by atoms with van der Waals surface area (Å²) in [4.78, 5) is 27.6. The number of nitrogens with one attached hydrogen (secondary N) is 2. The lowest BCUT2D eigenvalue weighted by atomic mass is 9.97. The summed E-state index contributed by atoms with van der Waals surface area (Å²) in [5.74, 6) is 0.447. The molecule has 1 unspecified atom stereocenters. The number of benzene rings is 1. The Kier molecular flexibility index (Phi) is 5.23. The second-order valence-electron chi connectivity index (χ2n) is 6.35. The number of fused-ring (bicyclic) bond motifs is 1. The summed E-state index contributed by atoms with van der Waals surface area (Å²) in [6.07, 6.45) is 2.49. The fourth-order valence-corrected chi connectivity index (χ4v) is 4.10. The molecule has 1 aromatic rings. The average molecular weight is 333 g/mol. The number of nitrogens with zero attached hydrogens (tertiary/aromatic N) is 1. The molecule has 0 radical (unpaired) electrons. The topological polar surface area (TPSA) is 61.4 Å². The largest absolute Gasteiger partial charge is 0.356 e. The van der Waals surface area contributed by atoms with Crippen molar-refractivity contribution in [3.63, 3.8) is 0 Å². The minimum Gasteiger partial charge on any atom is -0.356 e. The lowest BCUT2D eigenvalue weighted by Crippen LogP contribution is -2.39. The van der Waals surface area contributed by atoms with Crippen LogP contribution < -0.4 is 10.6 Å². The van der Waals surface area contributed by atoms with Crippen LogP contribution in [0, 0.1) is 5.92 Å². The van der Waals surface area contributed by atoms with Crippen LogP contribution in [0.5, 0.6) is 0 Å². The van der Waals surface area contributed by atoms with Crippen molar-refractivity contribution in [2.75, 3.05) is 32.0 Å². The zero-order valence-electron chi connectivity index (χ0n) is 13.4. The van der Waals surface area contributed by atoms with Gasteiger partial charge in [-0.25, -0.2) is 0 Å². The van der Waals surface area contributed by atoms with E-state index >= 15 is 0 Å². The van der Waals surface area contributed by atoms with E-state index in [0.29, 0.717) is 5.92 Å². The van der Waals surface area contributed by atoms with Crippen LogP contribution >= 0.6 is 11.8 Å². The van der Waals surface area contributed by atoms with E-state index in [1.807, 2.05) is 24.3 Å². The molecular weight excluding hydrogens is 310 g/mol. The molecule has 2 aliphatic rings. The molecule has 0 spiro atoms. The maximum Gasteiger partial charge on any atom is 0.238 e. The first-order valence-corrected chi connectivity index (χ1v) is 9.01. The van der Waals surface area contributed by atoms with Crippen LogP contribution in [0.3, 0.4) is 0 Å². The van der Waals surface area contributed by atoms with Crippen LogP contribution in [-0.4, -0.2) is 48.6 Å². The van der Waals surface area contributed by atoms with Crippen molar-refractivity contribution < 1.29 is 9.59 Å². The average Bonchev–Trinajstić information content (AvgIpc) is 2.55. The molecule has 2 N–H and O–H groups in total. The molecule has 23 heavy (non-hydrogen) atoms. The van der Waals surface area contributed by atoms with Crippen molar-refractivity contribution in [3.8, 4) is 0 Å². The predicted octanol–water partition coefficient (Wildman–Crippen LogP) is 1.95. The van der Waals surface area contributed by atoms with Gasteiger partial charge in [-0.15, -0.1) is 11.8 Å². The fourth-order valence-electron chi connectivity index (χ4n) is 2.99. The van der Waals surface area contributed by atoms with Crippen molar-refractivity contribution in [2.24, 2.45) is 5.92 Å². The summed E-state index contributed by atoms with van der Waals surface area (Å²) in [5.41, 5.74) is 0.838. The van der Waals surface area contributed by atoms with Crippen LogP contribution in [0.2, 0.25) is 0 Å². The van der Waals surface area contributed by atoms with E-state index in [-0.39, 0.29) is 23.5 Å². The molecule has 2 amide bonds. The highest BCUT2D eigenvalue weighted by Crippen LogP contribution is 2.36. The second kappa shape index (κ2) is 7.36. The van der Waals surface area contributed by atoms with E-state index in [0.717, 1.165) is 43.1 Å². The van der Waals surface area contributed by atoms with Crippen molar-refractivity contribution >= 4 is 29.3 Å². The molecule has 1 aromatic carbocycles. The highest BCUT2D eigenvalue weighted by atomic mass is 32.2. The van der Waals surface area contributed by atoms with Gasteiger partial charge in [0.2, 0.25) is 11.8 Å². The highest BCUT2D eigenvalue weighted by Gasteiger charge is 2.29. The maximum absolute atomic E-state index is 12.2. The zero-order valence-corrected chi connectivity index (χ0v) is 14.2. The predicted molar refractivity (Wildman–Crippen MR) is 92.6 cm³/mol. The second-order valence-corrected chi connectivity index (χ2v) is 7.59. The summed E-state index contributed by atoms with van der Waals surface area (Å²) >= 11 is 1.48. The van der Waals surface area contributed by atoms with Crippen molar-refractivity contribution in [2.45, 2.75) is 29.4 Å². The molecule has 3 rings (SSSR count). The van der Waals surface area contributed by atoms with E-state index in [1.165, 1.54) is 11.8 Å². The number of anilines is 1. The highest BCUT2D eigenvalue weighted by molar-refractivity contribution is 8.01. The number of hydrogen-bond acceptors (Lipinski definition) is 4. The number of thioether (sulfide) groups is 1. The van der Waals surface area contributed by atoms with Gasteiger partial charge in [0, 0.05) is 17.9 Å². The molecule has 0 bridgehead atoms. The molecule has 0 saturated carbocycles. The summed E-state index contributed by atoms with van der Waals surface area (Å²) in [7, 11) is 2.13. The number of para-hydroxylation sites is 1. The van der Waals surface area contributed by atoms with Gasteiger partial charge in [-0.2, -0.15) is 0 Å². The minimum atomic E-state index is -0.345. The van der Waals surface area contributed by atoms with Crippen LogP contribution in [0.15, 0.2) is 29.2 Å². The molecule has 2 heterocycles. The zero-order chi connectivity index (χ0) is 16.2. The Bertz CT molecular complexity index is 585. The Morgan fingerprint density at radius 3 is 2.87 bits per heavy atom. The first-order valence-electron chi connectivity index (χ1n) is 8.13. The number of carbonyl (C=O) groups excluding carboxylic acids is 2. The maximum atomic E-state index is 12.2. The Labute approximate surface area is 141 Å². The van der Waals surface area contributed by atoms with Crippen LogP contribution in [0.1, 0.15) is 19.3 Å². The van der Waals surface area contributed by atoms with E-state index in [2.05, 4.69) is 22.6 Å². The minimum absolute atomic E-state index is 0.0315. The molecule has 1 fully saturated rings. The number of piperidine rings is 1. The molecule has 0 aromatic heterocycles. The van der Waals surface area contributed by atoms with Crippen LogP contribution in [-0.2, 0) is 9.59 Å². The van der Waals surface area contributed by atoms with Gasteiger partial charge >= 0.3 is 0 Å². The molecule has 1 atom stereocenters. The first-order chi connectivity index (χ1) is 11.1. The summed E-state index contributed by atoms with van der Waals surface area (Å²) in [6, 6.07) is 7.70. The van der Waals surface area contributed by atoms with Gasteiger partial charge in [-0.3, -0.25) is 9.59 Å².